The zero-order valence-electron chi connectivity index (χ0n) is 13.5. The highest BCUT2D eigenvalue weighted by atomic mass is 19.3. The summed E-state index contributed by atoms with van der Waals surface area (Å²) in [5, 5.41) is 11.6. The van der Waals surface area contributed by atoms with Crippen LogP contribution in [0.4, 0.5) is 8.78 Å². The summed E-state index contributed by atoms with van der Waals surface area (Å²) in [5.41, 5.74) is 0.864. The Labute approximate surface area is 144 Å². The van der Waals surface area contributed by atoms with Crippen molar-refractivity contribution in [3.63, 3.8) is 0 Å². The van der Waals surface area contributed by atoms with Gasteiger partial charge in [-0.25, -0.2) is 8.78 Å². The zero-order valence-corrected chi connectivity index (χ0v) is 13.5. The van der Waals surface area contributed by atoms with E-state index in [1.807, 2.05) is 30.3 Å². The Morgan fingerprint density at radius 3 is 2.40 bits per heavy atom. The summed E-state index contributed by atoms with van der Waals surface area (Å²) in [7, 11) is 0. The number of carbonyl (C=O) groups excluding carboxylic acids is 1. The number of carboxylic acids is 1. The van der Waals surface area contributed by atoms with E-state index < -0.39 is 24.3 Å². The molecule has 0 radical (unpaired) electrons. The molecule has 1 atom stereocenters. The highest BCUT2D eigenvalue weighted by molar-refractivity contribution is 5.94. The van der Waals surface area contributed by atoms with Gasteiger partial charge in [-0.2, -0.15) is 0 Å². The van der Waals surface area contributed by atoms with Crippen molar-refractivity contribution in [3.8, 4) is 0 Å². The van der Waals surface area contributed by atoms with E-state index in [9.17, 15) is 18.4 Å². The molecule has 0 aliphatic rings. The predicted octanol–water partition coefficient (Wildman–Crippen LogP) is 3.83. The van der Waals surface area contributed by atoms with E-state index in [2.05, 4.69) is 5.32 Å². The topological polar surface area (TPSA) is 66.4 Å². The van der Waals surface area contributed by atoms with E-state index in [-0.39, 0.29) is 24.0 Å². The van der Waals surface area contributed by atoms with Crippen LogP contribution >= 0.6 is 0 Å². The summed E-state index contributed by atoms with van der Waals surface area (Å²) in [6.07, 6.45) is -2.02. The molecule has 0 saturated carbocycles. The van der Waals surface area contributed by atoms with Crippen LogP contribution in [0.25, 0.3) is 0 Å². The molecule has 0 aliphatic carbocycles. The lowest BCUT2D eigenvalue weighted by atomic mass is 10.0. The molecule has 0 fully saturated rings. The summed E-state index contributed by atoms with van der Waals surface area (Å²) in [6, 6.07) is 14.2. The van der Waals surface area contributed by atoms with Crippen LogP contribution in [-0.2, 0) is 11.2 Å². The number of benzene rings is 2. The second-order valence-corrected chi connectivity index (χ2v) is 5.72. The maximum absolute atomic E-state index is 12.8. The predicted molar refractivity (Wildman–Crippen MR) is 89.7 cm³/mol. The Hall–Kier alpha value is -2.76. The molecule has 0 aliphatic heterocycles. The van der Waals surface area contributed by atoms with Gasteiger partial charge in [-0.1, -0.05) is 42.5 Å². The van der Waals surface area contributed by atoms with Crippen LogP contribution in [0, 0.1) is 0 Å². The lowest BCUT2D eigenvalue weighted by molar-refractivity contribution is -0.137. The third-order valence-electron chi connectivity index (χ3n) is 3.77. The van der Waals surface area contributed by atoms with Gasteiger partial charge in [0.25, 0.3) is 12.3 Å². The summed E-state index contributed by atoms with van der Waals surface area (Å²) in [4.78, 5) is 23.2. The first-order valence-corrected chi connectivity index (χ1v) is 7.90. The van der Waals surface area contributed by atoms with Gasteiger partial charge in [0.2, 0.25) is 0 Å². The standard InChI is InChI=1S/C19H19F2NO3/c20-18(21)14-7-4-8-15(12-14)19(25)22-16(9-10-17(23)24)11-13-5-2-1-3-6-13/h1-8,12,16,18H,9-11H2,(H,22,25)(H,23,24). The monoisotopic (exact) mass is 347 g/mol. The normalized spacial score (nSPS) is 12.0. The number of carbonyl (C=O) groups is 2. The van der Waals surface area contributed by atoms with E-state index in [1.165, 1.54) is 18.2 Å². The van der Waals surface area contributed by atoms with Crippen LogP contribution in [0.1, 0.15) is 40.8 Å². The first kappa shape index (κ1) is 18.6. The third kappa shape index (κ3) is 5.99. The molecule has 25 heavy (non-hydrogen) atoms. The molecule has 1 amide bonds. The molecule has 4 nitrogen and oxygen atoms in total. The van der Waals surface area contributed by atoms with Gasteiger partial charge in [-0.15, -0.1) is 0 Å². The number of nitrogens with one attached hydrogen (secondary N) is 1. The highest BCUT2D eigenvalue weighted by Gasteiger charge is 2.17. The van der Waals surface area contributed by atoms with Crippen molar-refractivity contribution in [2.45, 2.75) is 31.7 Å². The average molecular weight is 347 g/mol. The maximum atomic E-state index is 12.8. The molecular weight excluding hydrogens is 328 g/mol. The number of carboxylic acid groups (broad SMARTS) is 1. The fourth-order valence-corrected chi connectivity index (χ4v) is 2.51. The van der Waals surface area contributed by atoms with Crippen molar-refractivity contribution >= 4 is 11.9 Å². The average Bonchev–Trinajstić information content (AvgIpc) is 2.60. The van der Waals surface area contributed by atoms with E-state index >= 15 is 0 Å². The van der Waals surface area contributed by atoms with E-state index in [4.69, 9.17) is 5.11 Å². The number of hydrogen-bond acceptors (Lipinski definition) is 2. The molecule has 0 heterocycles. The molecule has 0 spiro atoms. The van der Waals surface area contributed by atoms with Gasteiger partial charge in [-0.3, -0.25) is 9.59 Å². The van der Waals surface area contributed by atoms with E-state index in [0.717, 1.165) is 11.6 Å². The summed E-state index contributed by atoms with van der Waals surface area (Å²) in [6.45, 7) is 0. The molecule has 132 valence electrons. The summed E-state index contributed by atoms with van der Waals surface area (Å²) < 4.78 is 25.5. The number of alkyl halides is 2. The quantitative estimate of drug-likeness (QED) is 0.763. The molecule has 2 N–H and O–H groups in total. The molecule has 6 heteroatoms. The molecular formula is C19H19F2NO3. The molecule has 2 rings (SSSR count). The third-order valence-corrected chi connectivity index (χ3v) is 3.77. The lowest BCUT2D eigenvalue weighted by Crippen LogP contribution is -2.37. The van der Waals surface area contributed by atoms with E-state index in [0.29, 0.717) is 6.42 Å². The minimum absolute atomic E-state index is 0.0884. The van der Waals surface area contributed by atoms with Crippen LogP contribution in [-0.4, -0.2) is 23.0 Å². The molecule has 0 bridgehead atoms. The second kappa shape index (κ2) is 8.92. The van der Waals surface area contributed by atoms with Gasteiger partial charge in [0.1, 0.15) is 0 Å². The summed E-state index contributed by atoms with van der Waals surface area (Å²) >= 11 is 0. The minimum atomic E-state index is -2.65. The van der Waals surface area contributed by atoms with Gasteiger partial charge in [0, 0.05) is 23.6 Å². The number of aliphatic carboxylic acids is 1. The van der Waals surface area contributed by atoms with Crippen molar-refractivity contribution < 1.29 is 23.5 Å². The molecule has 1 unspecified atom stereocenters. The fraction of sp³-hybridized carbons (Fsp3) is 0.263. The number of halogens is 2. The van der Waals surface area contributed by atoms with Crippen molar-refractivity contribution in [2.24, 2.45) is 0 Å². The Balaban J connectivity index is 2.10. The van der Waals surface area contributed by atoms with Gasteiger partial charge >= 0.3 is 5.97 Å². The van der Waals surface area contributed by atoms with E-state index in [1.54, 1.807) is 0 Å². The maximum Gasteiger partial charge on any atom is 0.303 e. The number of rotatable bonds is 8. The van der Waals surface area contributed by atoms with Gasteiger partial charge < -0.3 is 10.4 Å². The number of amides is 1. The molecule has 2 aromatic carbocycles. The lowest BCUT2D eigenvalue weighted by Gasteiger charge is -2.18. The largest absolute Gasteiger partial charge is 0.481 e. The van der Waals surface area contributed by atoms with Crippen molar-refractivity contribution in [1.82, 2.24) is 5.32 Å². The Kier molecular flexibility index (Phi) is 6.62. The fourth-order valence-electron chi connectivity index (χ4n) is 2.51. The number of hydrogen-bond donors (Lipinski definition) is 2. The minimum Gasteiger partial charge on any atom is -0.481 e. The van der Waals surface area contributed by atoms with Crippen LogP contribution < -0.4 is 5.32 Å². The SMILES string of the molecule is O=C(O)CCC(Cc1ccccc1)NC(=O)c1cccc(C(F)F)c1. The Bertz CT molecular complexity index is 720. The molecule has 0 aromatic heterocycles. The highest BCUT2D eigenvalue weighted by Crippen LogP contribution is 2.19. The van der Waals surface area contributed by atoms with Crippen LogP contribution in [0.15, 0.2) is 54.6 Å². The first-order chi connectivity index (χ1) is 12.0. The Morgan fingerprint density at radius 1 is 1.04 bits per heavy atom. The van der Waals surface area contributed by atoms with Crippen LogP contribution in [0.2, 0.25) is 0 Å². The van der Waals surface area contributed by atoms with Crippen LogP contribution in [0.3, 0.4) is 0 Å². The summed E-state index contributed by atoms with van der Waals surface area (Å²) in [5.74, 6) is -1.44. The second-order valence-electron chi connectivity index (χ2n) is 5.72. The van der Waals surface area contributed by atoms with Crippen LogP contribution in [0.5, 0.6) is 0 Å². The van der Waals surface area contributed by atoms with Crippen molar-refractivity contribution in [2.75, 3.05) is 0 Å². The zero-order chi connectivity index (χ0) is 18.2. The van der Waals surface area contributed by atoms with Gasteiger partial charge in [0.15, 0.2) is 0 Å². The Morgan fingerprint density at radius 2 is 1.76 bits per heavy atom. The van der Waals surface area contributed by atoms with Crippen molar-refractivity contribution in [3.05, 3.63) is 71.3 Å². The smallest absolute Gasteiger partial charge is 0.303 e. The molecule has 2 aromatic rings. The van der Waals surface area contributed by atoms with Gasteiger partial charge in [0.05, 0.1) is 0 Å². The van der Waals surface area contributed by atoms with Crippen molar-refractivity contribution in [1.29, 1.82) is 0 Å². The first-order valence-electron chi connectivity index (χ1n) is 7.90. The van der Waals surface area contributed by atoms with Gasteiger partial charge in [-0.05, 0) is 30.5 Å². The molecule has 0 saturated heterocycles.